The molecule has 1 aromatic heterocycles. The predicted octanol–water partition coefficient (Wildman–Crippen LogP) is 4.93. The van der Waals surface area contributed by atoms with Gasteiger partial charge in [0.05, 0.1) is 5.69 Å². The lowest BCUT2D eigenvalue weighted by Gasteiger charge is -2.14. The Hall–Kier alpha value is -0.870. The summed E-state index contributed by atoms with van der Waals surface area (Å²) in [5.74, 6) is 0.935. The first-order chi connectivity index (χ1) is 9.11. The fourth-order valence-electron chi connectivity index (χ4n) is 1.92. The third-order valence-electron chi connectivity index (χ3n) is 2.93. The molecule has 0 bridgehead atoms. The van der Waals surface area contributed by atoms with Crippen LogP contribution in [0.5, 0.6) is 5.75 Å². The lowest BCUT2D eigenvalue weighted by molar-refractivity contribution is 0.296. The van der Waals surface area contributed by atoms with E-state index in [1.807, 2.05) is 19.1 Å². The summed E-state index contributed by atoms with van der Waals surface area (Å²) in [5.41, 5.74) is 4.39. The van der Waals surface area contributed by atoms with Crippen molar-refractivity contribution in [2.45, 2.75) is 25.8 Å². The van der Waals surface area contributed by atoms with E-state index in [4.69, 9.17) is 4.74 Å². The lowest BCUT2D eigenvalue weighted by atomic mass is 10.1. The molecular formula is C15H15Br2NO. The van der Waals surface area contributed by atoms with Gasteiger partial charge in [0.25, 0.3) is 0 Å². The standard InChI is InChI=1S/C15H15Br2NO/c1-10-4-3-5-18-14(10)9-19-15-11(2)6-13(17)7-12(15)8-16/h3-7H,8-9H2,1-2H3. The number of hydrogen-bond donors (Lipinski definition) is 0. The number of aromatic nitrogens is 1. The second-order valence-corrected chi connectivity index (χ2v) is 5.88. The van der Waals surface area contributed by atoms with Crippen LogP contribution in [0.3, 0.4) is 0 Å². The molecule has 0 aliphatic heterocycles. The molecule has 2 rings (SSSR count). The number of halogens is 2. The Morgan fingerprint density at radius 1 is 1.21 bits per heavy atom. The van der Waals surface area contributed by atoms with Crippen LogP contribution >= 0.6 is 31.9 Å². The zero-order chi connectivity index (χ0) is 13.8. The topological polar surface area (TPSA) is 22.1 Å². The molecule has 0 aliphatic rings. The highest BCUT2D eigenvalue weighted by atomic mass is 79.9. The summed E-state index contributed by atoms with van der Waals surface area (Å²) in [6, 6.07) is 8.12. The smallest absolute Gasteiger partial charge is 0.130 e. The molecule has 0 spiro atoms. The number of ether oxygens (including phenoxy) is 1. The quantitative estimate of drug-likeness (QED) is 0.697. The summed E-state index contributed by atoms with van der Waals surface area (Å²) >= 11 is 7.01. The number of rotatable bonds is 4. The highest BCUT2D eigenvalue weighted by Crippen LogP contribution is 2.30. The summed E-state index contributed by atoms with van der Waals surface area (Å²) in [4.78, 5) is 4.35. The van der Waals surface area contributed by atoms with Crippen LogP contribution in [0, 0.1) is 13.8 Å². The van der Waals surface area contributed by atoms with Crippen molar-refractivity contribution < 1.29 is 4.74 Å². The summed E-state index contributed by atoms with van der Waals surface area (Å²) < 4.78 is 7.04. The molecule has 0 fully saturated rings. The molecule has 0 radical (unpaired) electrons. The van der Waals surface area contributed by atoms with Crippen molar-refractivity contribution in [2.24, 2.45) is 0 Å². The lowest BCUT2D eigenvalue weighted by Crippen LogP contribution is -2.03. The number of alkyl halides is 1. The second-order valence-electron chi connectivity index (χ2n) is 4.40. The monoisotopic (exact) mass is 383 g/mol. The first-order valence-electron chi connectivity index (χ1n) is 6.00. The third-order valence-corrected chi connectivity index (χ3v) is 3.99. The van der Waals surface area contributed by atoms with Crippen molar-refractivity contribution >= 4 is 31.9 Å². The van der Waals surface area contributed by atoms with Gasteiger partial charge in [-0.05, 0) is 43.2 Å². The molecule has 0 aliphatic carbocycles. The van der Waals surface area contributed by atoms with Gasteiger partial charge in [0.2, 0.25) is 0 Å². The van der Waals surface area contributed by atoms with E-state index < -0.39 is 0 Å². The molecule has 0 saturated heterocycles. The molecule has 0 N–H and O–H groups in total. The number of pyridine rings is 1. The van der Waals surface area contributed by atoms with E-state index in [1.165, 1.54) is 0 Å². The maximum atomic E-state index is 5.97. The van der Waals surface area contributed by atoms with E-state index in [0.717, 1.165) is 37.9 Å². The number of hydrogen-bond acceptors (Lipinski definition) is 2. The van der Waals surface area contributed by atoms with Crippen LogP contribution in [0.25, 0.3) is 0 Å². The second kappa shape index (κ2) is 6.53. The summed E-state index contributed by atoms with van der Waals surface area (Å²) in [7, 11) is 0. The van der Waals surface area contributed by atoms with Gasteiger partial charge in [0.15, 0.2) is 0 Å². The molecule has 19 heavy (non-hydrogen) atoms. The van der Waals surface area contributed by atoms with E-state index in [0.29, 0.717) is 6.61 Å². The zero-order valence-electron chi connectivity index (χ0n) is 10.9. The normalized spacial score (nSPS) is 10.5. The van der Waals surface area contributed by atoms with Gasteiger partial charge >= 0.3 is 0 Å². The minimum atomic E-state index is 0.495. The van der Waals surface area contributed by atoms with Gasteiger partial charge in [-0.25, -0.2) is 0 Å². The van der Waals surface area contributed by atoms with Crippen LogP contribution in [-0.4, -0.2) is 4.98 Å². The van der Waals surface area contributed by atoms with Gasteiger partial charge in [-0.3, -0.25) is 4.98 Å². The Morgan fingerprint density at radius 2 is 2.00 bits per heavy atom. The first kappa shape index (κ1) is 14.5. The third kappa shape index (κ3) is 3.57. The highest BCUT2D eigenvalue weighted by Gasteiger charge is 2.09. The average Bonchev–Trinajstić information content (AvgIpc) is 2.38. The Morgan fingerprint density at radius 3 is 2.68 bits per heavy atom. The largest absolute Gasteiger partial charge is 0.487 e. The minimum Gasteiger partial charge on any atom is -0.487 e. The predicted molar refractivity (Wildman–Crippen MR) is 84.8 cm³/mol. The number of nitrogens with zero attached hydrogens (tertiary/aromatic N) is 1. The van der Waals surface area contributed by atoms with Crippen LogP contribution in [0.15, 0.2) is 34.9 Å². The Labute approximate surface area is 130 Å². The highest BCUT2D eigenvalue weighted by molar-refractivity contribution is 9.10. The fourth-order valence-corrected chi connectivity index (χ4v) is 2.95. The van der Waals surface area contributed by atoms with Crippen molar-refractivity contribution in [3.63, 3.8) is 0 Å². The van der Waals surface area contributed by atoms with Crippen LogP contribution in [0.2, 0.25) is 0 Å². The van der Waals surface area contributed by atoms with Crippen molar-refractivity contribution in [3.8, 4) is 5.75 Å². The first-order valence-corrected chi connectivity index (χ1v) is 7.91. The van der Waals surface area contributed by atoms with Crippen molar-refractivity contribution in [1.82, 2.24) is 4.98 Å². The summed E-state index contributed by atoms with van der Waals surface area (Å²) in [6.45, 7) is 4.60. The molecule has 100 valence electrons. The van der Waals surface area contributed by atoms with Gasteiger partial charge in [0, 0.05) is 21.6 Å². The number of benzene rings is 1. The van der Waals surface area contributed by atoms with Gasteiger partial charge < -0.3 is 4.74 Å². The maximum absolute atomic E-state index is 5.97. The van der Waals surface area contributed by atoms with Crippen LogP contribution in [0.1, 0.15) is 22.4 Å². The molecule has 0 saturated carbocycles. The van der Waals surface area contributed by atoms with Crippen molar-refractivity contribution in [1.29, 1.82) is 0 Å². The molecule has 0 atom stereocenters. The summed E-state index contributed by atoms with van der Waals surface area (Å²) in [5, 5.41) is 0.768. The Balaban J connectivity index is 2.22. The Bertz CT molecular complexity index is 584. The maximum Gasteiger partial charge on any atom is 0.130 e. The van der Waals surface area contributed by atoms with E-state index in [9.17, 15) is 0 Å². The SMILES string of the molecule is Cc1cccnc1COc1c(C)cc(Br)cc1CBr. The van der Waals surface area contributed by atoms with Crippen molar-refractivity contribution in [3.05, 3.63) is 57.3 Å². The fraction of sp³-hybridized carbons (Fsp3) is 0.267. The molecule has 4 heteroatoms. The van der Waals surface area contributed by atoms with Gasteiger partial charge in [-0.2, -0.15) is 0 Å². The van der Waals surface area contributed by atoms with E-state index >= 15 is 0 Å². The molecule has 2 nitrogen and oxygen atoms in total. The van der Waals surface area contributed by atoms with Crippen LogP contribution < -0.4 is 4.74 Å². The number of aryl methyl sites for hydroxylation is 2. The zero-order valence-corrected chi connectivity index (χ0v) is 14.1. The molecule has 1 heterocycles. The molecule has 0 amide bonds. The molecule has 0 unspecified atom stereocenters. The average molecular weight is 385 g/mol. The van der Waals surface area contributed by atoms with E-state index in [-0.39, 0.29) is 0 Å². The molecule has 2 aromatic rings. The summed E-state index contributed by atoms with van der Waals surface area (Å²) in [6.07, 6.45) is 1.80. The van der Waals surface area contributed by atoms with Crippen molar-refractivity contribution in [2.75, 3.05) is 0 Å². The van der Waals surface area contributed by atoms with Gasteiger partial charge in [-0.15, -0.1) is 0 Å². The Kier molecular flexibility index (Phi) is 4.99. The van der Waals surface area contributed by atoms with Crippen LogP contribution in [0.4, 0.5) is 0 Å². The van der Waals surface area contributed by atoms with Gasteiger partial charge in [0.1, 0.15) is 12.4 Å². The van der Waals surface area contributed by atoms with E-state index in [1.54, 1.807) is 6.20 Å². The molecule has 1 aromatic carbocycles. The van der Waals surface area contributed by atoms with Gasteiger partial charge in [-0.1, -0.05) is 37.9 Å². The molecular weight excluding hydrogens is 370 g/mol. The van der Waals surface area contributed by atoms with E-state index in [2.05, 4.69) is 55.9 Å². The minimum absolute atomic E-state index is 0.495. The van der Waals surface area contributed by atoms with Crippen LogP contribution in [-0.2, 0) is 11.9 Å².